The van der Waals surface area contributed by atoms with Crippen molar-refractivity contribution in [3.8, 4) is 0 Å². The molecular formula is C16H17BrFN. The molecule has 0 bridgehead atoms. The van der Waals surface area contributed by atoms with Crippen molar-refractivity contribution < 1.29 is 4.39 Å². The van der Waals surface area contributed by atoms with Gasteiger partial charge < -0.3 is 5.32 Å². The van der Waals surface area contributed by atoms with E-state index in [9.17, 15) is 4.39 Å². The van der Waals surface area contributed by atoms with Crippen LogP contribution in [0.1, 0.15) is 24.0 Å². The van der Waals surface area contributed by atoms with Gasteiger partial charge in [0.1, 0.15) is 5.82 Å². The maximum atomic E-state index is 13.0. The standard InChI is InChI=1S/C16H17BrFN/c1-12(13-5-3-2-4-6-13)10-19-11-14-7-8-15(18)9-16(14)17/h2-9,12,19H,10-11H2,1H3. The van der Waals surface area contributed by atoms with Crippen molar-refractivity contribution in [2.24, 2.45) is 0 Å². The Hall–Kier alpha value is -1.19. The zero-order valence-electron chi connectivity index (χ0n) is 10.9. The molecule has 1 nitrogen and oxygen atoms in total. The van der Waals surface area contributed by atoms with Gasteiger partial charge in [-0.15, -0.1) is 0 Å². The second-order valence-electron chi connectivity index (χ2n) is 4.68. The zero-order valence-corrected chi connectivity index (χ0v) is 12.5. The van der Waals surface area contributed by atoms with Crippen LogP contribution in [0.4, 0.5) is 4.39 Å². The lowest BCUT2D eigenvalue weighted by Crippen LogP contribution is -2.19. The normalized spacial score (nSPS) is 12.4. The first kappa shape index (κ1) is 14.2. The van der Waals surface area contributed by atoms with Gasteiger partial charge in [0.15, 0.2) is 0 Å². The highest BCUT2D eigenvalue weighted by Gasteiger charge is 2.05. The van der Waals surface area contributed by atoms with Crippen molar-refractivity contribution in [3.63, 3.8) is 0 Å². The smallest absolute Gasteiger partial charge is 0.124 e. The molecule has 0 amide bonds. The second kappa shape index (κ2) is 6.83. The predicted molar refractivity (Wildman–Crippen MR) is 80.7 cm³/mol. The van der Waals surface area contributed by atoms with Gasteiger partial charge in [0.25, 0.3) is 0 Å². The minimum atomic E-state index is -0.215. The monoisotopic (exact) mass is 321 g/mol. The van der Waals surface area contributed by atoms with Crippen LogP contribution < -0.4 is 5.32 Å². The molecule has 2 rings (SSSR count). The molecule has 0 fully saturated rings. The van der Waals surface area contributed by atoms with Crippen LogP contribution >= 0.6 is 15.9 Å². The summed E-state index contributed by atoms with van der Waals surface area (Å²) in [5.41, 5.74) is 2.40. The predicted octanol–water partition coefficient (Wildman–Crippen LogP) is 4.48. The average molecular weight is 322 g/mol. The number of nitrogens with one attached hydrogen (secondary N) is 1. The Labute approximate surface area is 122 Å². The molecule has 0 aliphatic heterocycles. The summed E-state index contributed by atoms with van der Waals surface area (Å²) in [6.45, 7) is 3.83. The molecule has 1 unspecified atom stereocenters. The van der Waals surface area contributed by atoms with Gasteiger partial charge in [-0.1, -0.05) is 59.3 Å². The SMILES string of the molecule is CC(CNCc1ccc(F)cc1Br)c1ccccc1. The van der Waals surface area contributed by atoms with Crippen LogP contribution in [0.15, 0.2) is 53.0 Å². The summed E-state index contributed by atoms with van der Waals surface area (Å²) in [5, 5.41) is 3.41. The Balaban J connectivity index is 1.86. The molecule has 2 aromatic rings. The molecule has 0 saturated heterocycles. The number of halogens is 2. The third kappa shape index (κ3) is 4.15. The van der Waals surface area contributed by atoms with E-state index in [-0.39, 0.29) is 5.82 Å². The fourth-order valence-electron chi connectivity index (χ4n) is 1.99. The Morgan fingerprint density at radius 3 is 2.58 bits per heavy atom. The van der Waals surface area contributed by atoms with Gasteiger partial charge in [-0.3, -0.25) is 0 Å². The van der Waals surface area contributed by atoms with Crippen molar-refractivity contribution in [1.82, 2.24) is 5.32 Å². The van der Waals surface area contributed by atoms with Crippen molar-refractivity contribution in [2.75, 3.05) is 6.54 Å². The lowest BCUT2D eigenvalue weighted by molar-refractivity contribution is 0.607. The number of hydrogen-bond acceptors (Lipinski definition) is 1. The molecule has 2 aromatic carbocycles. The molecule has 0 radical (unpaired) electrons. The summed E-state index contributed by atoms with van der Waals surface area (Å²) < 4.78 is 13.8. The Bertz CT molecular complexity index is 528. The fourth-order valence-corrected chi connectivity index (χ4v) is 2.48. The lowest BCUT2D eigenvalue weighted by Gasteiger charge is -2.13. The molecule has 1 N–H and O–H groups in total. The molecule has 0 spiro atoms. The average Bonchev–Trinajstić information content (AvgIpc) is 2.42. The van der Waals surface area contributed by atoms with Gasteiger partial charge in [-0.2, -0.15) is 0 Å². The van der Waals surface area contributed by atoms with E-state index in [1.165, 1.54) is 17.7 Å². The van der Waals surface area contributed by atoms with Crippen molar-refractivity contribution in [3.05, 3.63) is 69.9 Å². The first-order valence-electron chi connectivity index (χ1n) is 6.36. The van der Waals surface area contributed by atoms with E-state index in [1.54, 1.807) is 6.07 Å². The van der Waals surface area contributed by atoms with Crippen LogP contribution in [0.2, 0.25) is 0 Å². The van der Waals surface area contributed by atoms with E-state index in [2.05, 4.69) is 52.4 Å². The van der Waals surface area contributed by atoms with Crippen LogP contribution in [0.25, 0.3) is 0 Å². The van der Waals surface area contributed by atoms with Crippen LogP contribution in [0.5, 0.6) is 0 Å². The molecule has 100 valence electrons. The molecule has 1 atom stereocenters. The summed E-state index contributed by atoms with van der Waals surface area (Å²) in [6, 6.07) is 15.2. The third-order valence-electron chi connectivity index (χ3n) is 3.15. The highest BCUT2D eigenvalue weighted by atomic mass is 79.9. The van der Waals surface area contributed by atoms with E-state index < -0.39 is 0 Å². The Kier molecular flexibility index (Phi) is 5.11. The van der Waals surface area contributed by atoms with E-state index >= 15 is 0 Å². The van der Waals surface area contributed by atoms with E-state index in [0.717, 1.165) is 23.1 Å². The van der Waals surface area contributed by atoms with Crippen LogP contribution in [-0.2, 0) is 6.54 Å². The molecule has 19 heavy (non-hydrogen) atoms. The second-order valence-corrected chi connectivity index (χ2v) is 5.53. The molecule has 0 aliphatic carbocycles. The molecule has 0 aliphatic rings. The van der Waals surface area contributed by atoms with Crippen LogP contribution in [0, 0.1) is 5.82 Å². The summed E-state index contributed by atoms with van der Waals surface area (Å²) in [4.78, 5) is 0. The maximum Gasteiger partial charge on any atom is 0.124 e. The maximum absolute atomic E-state index is 13.0. The summed E-state index contributed by atoms with van der Waals surface area (Å²) in [5.74, 6) is 0.244. The quantitative estimate of drug-likeness (QED) is 0.856. The highest BCUT2D eigenvalue weighted by Crippen LogP contribution is 2.18. The summed E-state index contributed by atoms with van der Waals surface area (Å²) >= 11 is 3.38. The first-order valence-corrected chi connectivity index (χ1v) is 7.15. The molecule has 0 heterocycles. The first-order chi connectivity index (χ1) is 9.16. The Morgan fingerprint density at radius 2 is 1.89 bits per heavy atom. The summed E-state index contributed by atoms with van der Waals surface area (Å²) in [6.07, 6.45) is 0. The minimum Gasteiger partial charge on any atom is -0.312 e. The Morgan fingerprint density at radius 1 is 1.16 bits per heavy atom. The number of hydrogen-bond donors (Lipinski definition) is 1. The number of benzene rings is 2. The van der Waals surface area contributed by atoms with E-state index in [1.807, 2.05) is 6.07 Å². The highest BCUT2D eigenvalue weighted by molar-refractivity contribution is 9.10. The van der Waals surface area contributed by atoms with Crippen LogP contribution in [-0.4, -0.2) is 6.54 Å². The largest absolute Gasteiger partial charge is 0.312 e. The lowest BCUT2D eigenvalue weighted by atomic mass is 10.0. The van der Waals surface area contributed by atoms with Gasteiger partial charge in [0.05, 0.1) is 0 Å². The molecular weight excluding hydrogens is 305 g/mol. The van der Waals surface area contributed by atoms with Gasteiger partial charge in [-0.05, 0) is 29.2 Å². The van der Waals surface area contributed by atoms with Gasteiger partial charge in [-0.25, -0.2) is 4.39 Å². The minimum absolute atomic E-state index is 0.215. The van der Waals surface area contributed by atoms with E-state index in [0.29, 0.717) is 5.92 Å². The van der Waals surface area contributed by atoms with E-state index in [4.69, 9.17) is 0 Å². The van der Waals surface area contributed by atoms with Crippen molar-refractivity contribution >= 4 is 15.9 Å². The summed E-state index contributed by atoms with van der Waals surface area (Å²) in [7, 11) is 0. The molecule has 3 heteroatoms. The number of rotatable bonds is 5. The topological polar surface area (TPSA) is 12.0 Å². The van der Waals surface area contributed by atoms with Crippen molar-refractivity contribution in [2.45, 2.75) is 19.4 Å². The fraction of sp³-hybridized carbons (Fsp3) is 0.250. The molecule has 0 saturated carbocycles. The van der Waals surface area contributed by atoms with Gasteiger partial charge >= 0.3 is 0 Å². The van der Waals surface area contributed by atoms with Gasteiger partial charge in [0, 0.05) is 17.6 Å². The third-order valence-corrected chi connectivity index (χ3v) is 3.89. The zero-order chi connectivity index (χ0) is 13.7. The van der Waals surface area contributed by atoms with Crippen LogP contribution in [0.3, 0.4) is 0 Å². The van der Waals surface area contributed by atoms with Crippen molar-refractivity contribution in [1.29, 1.82) is 0 Å². The molecule has 0 aromatic heterocycles. The van der Waals surface area contributed by atoms with Gasteiger partial charge in [0.2, 0.25) is 0 Å².